The highest BCUT2D eigenvalue weighted by Gasteiger charge is 2.17. The molecule has 5 nitrogen and oxygen atoms in total. The number of aryl methyl sites for hydroxylation is 2. The van der Waals surface area contributed by atoms with Gasteiger partial charge in [-0.2, -0.15) is 5.10 Å². The van der Waals surface area contributed by atoms with Gasteiger partial charge in [-0.1, -0.05) is 60.2 Å². The van der Waals surface area contributed by atoms with E-state index in [-0.39, 0.29) is 12.5 Å². The summed E-state index contributed by atoms with van der Waals surface area (Å²) in [6, 6.07) is 17.6. The Morgan fingerprint density at radius 2 is 1.85 bits per heavy atom. The highest BCUT2D eigenvalue weighted by molar-refractivity contribution is 5.95. The first-order valence-corrected chi connectivity index (χ1v) is 8.62. The van der Waals surface area contributed by atoms with E-state index in [0.717, 1.165) is 22.4 Å². The van der Waals surface area contributed by atoms with Gasteiger partial charge in [0.15, 0.2) is 0 Å². The minimum atomic E-state index is -0.742. The van der Waals surface area contributed by atoms with Gasteiger partial charge in [0.25, 0.3) is 5.91 Å². The standard InChI is InChI=1S/C21H23N3O2/c1-15-8-10-17(11-9-15)20(25)14-22-21(26)18-13-23-24(2)19(18)12-16-6-4-3-5-7-16/h3-11,13,20,25H,12,14H2,1-2H3,(H,22,26)/t20-/m0/s1. The van der Waals surface area contributed by atoms with Crippen molar-refractivity contribution in [3.8, 4) is 0 Å². The van der Waals surface area contributed by atoms with Crippen LogP contribution in [0, 0.1) is 6.92 Å². The molecule has 26 heavy (non-hydrogen) atoms. The minimum absolute atomic E-state index is 0.154. The van der Waals surface area contributed by atoms with Crippen molar-refractivity contribution in [3.63, 3.8) is 0 Å². The van der Waals surface area contributed by atoms with Crippen molar-refractivity contribution >= 4 is 5.91 Å². The van der Waals surface area contributed by atoms with Gasteiger partial charge >= 0.3 is 0 Å². The van der Waals surface area contributed by atoms with E-state index >= 15 is 0 Å². The Hall–Kier alpha value is -2.92. The fourth-order valence-electron chi connectivity index (χ4n) is 2.84. The van der Waals surface area contributed by atoms with Gasteiger partial charge in [-0.05, 0) is 18.1 Å². The van der Waals surface area contributed by atoms with E-state index in [9.17, 15) is 9.90 Å². The lowest BCUT2D eigenvalue weighted by molar-refractivity contribution is 0.0915. The Kier molecular flexibility index (Phi) is 5.49. The van der Waals surface area contributed by atoms with E-state index < -0.39 is 6.10 Å². The van der Waals surface area contributed by atoms with E-state index in [1.54, 1.807) is 10.9 Å². The number of nitrogens with one attached hydrogen (secondary N) is 1. The van der Waals surface area contributed by atoms with Crippen molar-refractivity contribution in [1.29, 1.82) is 0 Å². The zero-order chi connectivity index (χ0) is 18.5. The van der Waals surface area contributed by atoms with Crippen LogP contribution in [-0.4, -0.2) is 27.3 Å². The molecule has 1 heterocycles. The number of benzene rings is 2. The first-order chi connectivity index (χ1) is 12.5. The third kappa shape index (κ3) is 4.18. The first kappa shape index (κ1) is 17.9. The quantitative estimate of drug-likeness (QED) is 0.719. The van der Waals surface area contributed by atoms with Crippen molar-refractivity contribution in [1.82, 2.24) is 15.1 Å². The van der Waals surface area contributed by atoms with Gasteiger partial charge in [-0.25, -0.2) is 0 Å². The summed E-state index contributed by atoms with van der Waals surface area (Å²) < 4.78 is 1.72. The predicted molar refractivity (Wildman–Crippen MR) is 101 cm³/mol. The molecule has 3 aromatic rings. The topological polar surface area (TPSA) is 67.2 Å². The number of amides is 1. The summed E-state index contributed by atoms with van der Waals surface area (Å²) in [4.78, 5) is 12.6. The fourth-order valence-corrected chi connectivity index (χ4v) is 2.84. The highest BCUT2D eigenvalue weighted by atomic mass is 16.3. The van der Waals surface area contributed by atoms with Crippen molar-refractivity contribution in [2.75, 3.05) is 6.54 Å². The Morgan fingerprint density at radius 3 is 2.54 bits per heavy atom. The van der Waals surface area contributed by atoms with Crippen LogP contribution >= 0.6 is 0 Å². The molecule has 0 unspecified atom stereocenters. The van der Waals surface area contributed by atoms with E-state index in [0.29, 0.717) is 12.0 Å². The molecule has 0 aliphatic rings. The van der Waals surface area contributed by atoms with Gasteiger partial charge < -0.3 is 10.4 Å². The van der Waals surface area contributed by atoms with Gasteiger partial charge in [0.05, 0.1) is 23.6 Å². The van der Waals surface area contributed by atoms with Crippen LogP contribution in [0.25, 0.3) is 0 Å². The van der Waals surface area contributed by atoms with Gasteiger partial charge in [0.1, 0.15) is 0 Å². The first-order valence-electron chi connectivity index (χ1n) is 8.62. The maximum absolute atomic E-state index is 12.6. The molecular weight excluding hydrogens is 326 g/mol. The Morgan fingerprint density at radius 1 is 1.15 bits per heavy atom. The van der Waals surface area contributed by atoms with Crippen LogP contribution < -0.4 is 5.32 Å². The molecule has 134 valence electrons. The lowest BCUT2D eigenvalue weighted by Crippen LogP contribution is -2.29. The lowest BCUT2D eigenvalue weighted by atomic mass is 10.1. The molecule has 5 heteroatoms. The number of hydrogen-bond acceptors (Lipinski definition) is 3. The second-order valence-electron chi connectivity index (χ2n) is 6.43. The van der Waals surface area contributed by atoms with Gasteiger partial charge in [-0.3, -0.25) is 9.48 Å². The van der Waals surface area contributed by atoms with Crippen molar-refractivity contribution in [2.45, 2.75) is 19.4 Å². The molecule has 0 aliphatic carbocycles. The van der Waals surface area contributed by atoms with Gasteiger partial charge in [-0.15, -0.1) is 0 Å². The average Bonchev–Trinajstić information content (AvgIpc) is 3.01. The van der Waals surface area contributed by atoms with Crippen LogP contribution in [0.15, 0.2) is 60.8 Å². The number of carbonyl (C=O) groups is 1. The maximum atomic E-state index is 12.6. The molecular formula is C21H23N3O2. The molecule has 1 aromatic heterocycles. The maximum Gasteiger partial charge on any atom is 0.254 e. The van der Waals surface area contributed by atoms with E-state index in [4.69, 9.17) is 0 Å². The number of aliphatic hydroxyl groups is 1. The number of aliphatic hydroxyl groups excluding tert-OH is 1. The zero-order valence-electron chi connectivity index (χ0n) is 15.0. The summed E-state index contributed by atoms with van der Waals surface area (Å²) in [7, 11) is 1.83. The van der Waals surface area contributed by atoms with E-state index in [1.807, 2.05) is 68.6 Å². The summed E-state index contributed by atoms with van der Waals surface area (Å²) in [6.07, 6.45) is 1.46. The van der Waals surface area contributed by atoms with Crippen LogP contribution in [-0.2, 0) is 13.5 Å². The number of carbonyl (C=O) groups excluding carboxylic acids is 1. The Balaban J connectivity index is 1.67. The normalized spacial score (nSPS) is 12.0. The molecule has 0 spiro atoms. The van der Waals surface area contributed by atoms with Crippen LogP contribution in [0.4, 0.5) is 0 Å². The number of hydrogen-bond donors (Lipinski definition) is 2. The molecule has 0 fully saturated rings. The molecule has 0 aliphatic heterocycles. The molecule has 0 saturated heterocycles. The number of rotatable bonds is 6. The summed E-state index contributed by atoms with van der Waals surface area (Å²) in [5.74, 6) is -0.227. The highest BCUT2D eigenvalue weighted by Crippen LogP contribution is 2.15. The van der Waals surface area contributed by atoms with Crippen LogP contribution in [0.1, 0.15) is 38.8 Å². The van der Waals surface area contributed by atoms with Crippen LogP contribution in [0.2, 0.25) is 0 Å². The monoisotopic (exact) mass is 349 g/mol. The predicted octanol–water partition coefficient (Wildman–Crippen LogP) is 2.78. The third-order valence-electron chi connectivity index (χ3n) is 4.44. The molecule has 2 N–H and O–H groups in total. The van der Waals surface area contributed by atoms with Crippen LogP contribution in [0.5, 0.6) is 0 Å². The number of nitrogens with zero attached hydrogens (tertiary/aromatic N) is 2. The van der Waals surface area contributed by atoms with Gasteiger partial charge in [0, 0.05) is 20.0 Å². The summed E-state index contributed by atoms with van der Waals surface area (Å²) >= 11 is 0. The molecule has 0 radical (unpaired) electrons. The smallest absolute Gasteiger partial charge is 0.254 e. The van der Waals surface area contributed by atoms with Gasteiger partial charge in [0.2, 0.25) is 0 Å². The zero-order valence-corrected chi connectivity index (χ0v) is 15.0. The summed E-state index contributed by atoms with van der Waals surface area (Å²) in [5, 5.41) is 17.3. The summed E-state index contributed by atoms with van der Waals surface area (Å²) in [6.45, 7) is 2.15. The summed E-state index contributed by atoms with van der Waals surface area (Å²) in [5.41, 5.74) is 4.41. The minimum Gasteiger partial charge on any atom is -0.387 e. The Labute approximate surface area is 153 Å². The largest absolute Gasteiger partial charge is 0.387 e. The van der Waals surface area contributed by atoms with Crippen molar-refractivity contribution in [2.24, 2.45) is 7.05 Å². The molecule has 3 rings (SSSR count). The second kappa shape index (κ2) is 7.97. The Bertz CT molecular complexity index is 870. The molecule has 0 bridgehead atoms. The SMILES string of the molecule is Cc1ccc([C@@H](O)CNC(=O)c2cnn(C)c2Cc2ccccc2)cc1. The van der Waals surface area contributed by atoms with Crippen LogP contribution in [0.3, 0.4) is 0 Å². The molecule has 2 aromatic carbocycles. The van der Waals surface area contributed by atoms with Crippen molar-refractivity contribution in [3.05, 3.63) is 88.7 Å². The van der Waals surface area contributed by atoms with E-state index in [2.05, 4.69) is 10.4 Å². The van der Waals surface area contributed by atoms with Crippen molar-refractivity contribution < 1.29 is 9.90 Å². The number of aromatic nitrogens is 2. The fraction of sp³-hybridized carbons (Fsp3) is 0.238. The van der Waals surface area contributed by atoms with E-state index in [1.165, 1.54) is 0 Å². The third-order valence-corrected chi connectivity index (χ3v) is 4.44. The lowest BCUT2D eigenvalue weighted by Gasteiger charge is -2.13. The average molecular weight is 349 g/mol. The molecule has 0 saturated carbocycles. The molecule has 1 atom stereocenters. The molecule has 1 amide bonds. The second-order valence-corrected chi connectivity index (χ2v) is 6.43.